The summed E-state index contributed by atoms with van der Waals surface area (Å²) >= 11 is 0. The lowest BCUT2D eigenvalue weighted by Crippen LogP contribution is -2.32. The van der Waals surface area contributed by atoms with Crippen molar-refractivity contribution in [2.75, 3.05) is 28.8 Å². The number of carbonyl (C=O) groups is 1. The van der Waals surface area contributed by atoms with Crippen LogP contribution in [0.15, 0.2) is 42.6 Å². The number of hydrogen-bond acceptors (Lipinski definition) is 5. The molecule has 2 aromatic rings. The summed E-state index contributed by atoms with van der Waals surface area (Å²) in [6, 6.07) is 11.4. The highest BCUT2D eigenvalue weighted by molar-refractivity contribution is 7.91. The zero-order valence-electron chi connectivity index (χ0n) is 15.0. The Hall–Kier alpha value is -2.41. The highest BCUT2D eigenvalue weighted by Gasteiger charge is 2.30. The van der Waals surface area contributed by atoms with Gasteiger partial charge in [0, 0.05) is 13.1 Å². The number of carbonyl (C=O) groups excluding carboxylic acids is 1. The number of benzene rings is 1. The Morgan fingerprint density at radius 3 is 2.73 bits per heavy atom. The Balaban J connectivity index is 1.60. The SMILES string of the molecule is Cc1cccc(CC(=O)Nc2ccc(N(C)C3CCS(=O)(=O)C3)cn2)c1. The van der Waals surface area contributed by atoms with E-state index in [1.54, 1.807) is 12.3 Å². The van der Waals surface area contributed by atoms with Crippen molar-refractivity contribution in [2.45, 2.75) is 25.8 Å². The van der Waals surface area contributed by atoms with E-state index in [9.17, 15) is 13.2 Å². The smallest absolute Gasteiger partial charge is 0.229 e. The van der Waals surface area contributed by atoms with Crippen LogP contribution in [0.3, 0.4) is 0 Å². The number of amides is 1. The Kier molecular flexibility index (Phi) is 5.27. The molecule has 0 spiro atoms. The van der Waals surface area contributed by atoms with Gasteiger partial charge in [0.15, 0.2) is 9.84 Å². The molecule has 0 saturated carbocycles. The first-order valence-electron chi connectivity index (χ1n) is 8.57. The fourth-order valence-corrected chi connectivity index (χ4v) is 4.93. The van der Waals surface area contributed by atoms with Crippen LogP contribution in [0.2, 0.25) is 0 Å². The van der Waals surface area contributed by atoms with Crippen LogP contribution in [0, 0.1) is 6.92 Å². The molecule has 26 heavy (non-hydrogen) atoms. The molecule has 1 aromatic heterocycles. The Labute approximate surface area is 154 Å². The number of nitrogens with one attached hydrogen (secondary N) is 1. The summed E-state index contributed by atoms with van der Waals surface area (Å²) in [6.07, 6.45) is 2.59. The van der Waals surface area contributed by atoms with Gasteiger partial charge in [-0.3, -0.25) is 4.79 Å². The molecule has 1 aromatic carbocycles. The van der Waals surface area contributed by atoms with E-state index >= 15 is 0 Å². The van der Waals surface area contributed by atoms with Gasteiger partial charge >= 0.3 is 0 Å². The first-order valence-corrected chi connectivity index (χ1v) is 10.4. The van der Waals surface area contributed by atoms with E-state index in [4.69, 9.17) is 0 Å². The lowest BCUT2D eigenvalue weighted by Gasteiger charge is -2.25. The molecule has 1 atom stereocenters. The third-order valence-electron chi connectivity index (χ3n) is 4.63. The maximum absolute atomic E-state index is 12.2. The van der Waals surface area contributed by atoms with Crippen molar-refractivity contribution in [1.29, 1.82) is 0 Å². The summed E-state index contributed by atoms with van der Waals surface area (Å²) in [5, 5.41) is 2.79. The summed E-state index contributed by atoms with van der Waals surface area (Å²) < 4.78 is 23.3. The predicted molar refractivity (Wildman–Crippen MR) is 103 cm³/mol. The van der Waals surface area contributed by atoms with E-state index in [0.29, 0.717) is 18.7 Å². The highest BCUT2D eigenvalue weighted by Crippen LogP contribution is 2.23. The maximum Gasteiger partial charge on any atom is 0.229 e. The second-order valence-corrected chi connectivity index (χ2v) is 9.01. The normalized spacial score (nSPS) is 18.5. The van der Waals surface area contributed by atoms with Gasteiger partial charge in [-0.05, 0) is 31.0 Å². The molecular formula is C19H23N3O3S. The van der Waals surface area contributed by atoms with Crippen LogP contribution < -0.4 is 10.2 Å². The van der Waals surface area contributed by atoms with Crippen LogP contribution in [0.5, 0.6) is 0 Å². The van der Waals surface area contributed by atoms with Crippen LogP contribution in [0.1, 0.15) is 17.5 Å². The van der Waals surface area contributed by atoms with Crippen LogP contribution >= 0.6 is 0 Å². The first-order chi connectivity index (χ1) is 12.3. The van der Waals surface area contributed by atoms with Gasteiger partial charge < -0.3 is 10.2 Å². The molecular weight excluding hydrogens is 350 g/mol. The van der Waals surface area contributed by atoms with Crippen LogP contribution in [-0.4, -0.2) is 43.9 Å². The summed E-state index contributed by atoms with van der Waals surface area (Å²) in [7, 11) is -1.05. The number of hydrogen-bond donors (Lipinski definition) is 1. The standard InChI is InChI=1S/C19H23N3O3S/c1-14-4-3-5-15(10-14)11-19(23)21-18-7-6-16(12-20-18)22(2)17-8-9-26(24,25)13-17/h3-7,10,12,17H,8-9,11,13H2,1-2H3,(H,20,21,23). The molecule has 138 valence electrons. The van der Waals surface area contributed by atoms with Gasteiger partial charge in [0.05, 0.1) is 29.8 Å². The molecule has 1 aliphatic heterocycles. The van der Waals surface area contributed by atoms with Crippen molar-refractivity contribution in [3.63, 3.8) is 0 Å². The van der Waals surface area contributed by atoms with Gasteiger partial charge in [-0.1, -0.05) is 29.8 Å². The molecule has 3 rings (SSSR count). The molecule has 0 bridgehead atoms. The van der Waals surface area contributed by atoms with Crippen molar-refractivity contribution in [3.8, 4) is 0 Å². The first kappa shape index (κ1) is 18.4. The van der Waals surface area contributed by atoms with Crippen molar-refractivity contribution in [3.05, 3.63) is 53.7 Å². The number of rotatable bonds is 5. The monoisotopic (exact) mass is 373 g/mol. The lowest BCUT2D eigenvalue weighted by molar-refractivity contribution is -0.115. The second-order valence-electron chi connectivity index (χ2n) is 6.78. The highest BCUT2D eigenvalue weighted by atomic mass is 32.2. The third-order valence-corrected chi connectivity index (χ3v) is 6.38. The van der Waals surface area contributed by atoms with Crippen LogP contribution in [-0.2, 0) is 21.1 Å². The van der Waals surface area contributed by atoms with E-state index in [0.717, 1.165) is 16.8 Å². The number of nitrogens with zero attached hydrogens (tertiary/aromatic N) is 2. The Morgan fingerprint density at radius 2 is 2.12 bits per heavy atom. The van der Waals surface area contributed by atoms with E-state index in [1.165, 1.54) is 0 Å². The van der Waals surface area contributed by atoms with E-state index in [1.807, 2.05) is 49.2 Å². The maximum atomic E-state index is 12.2. The molecule has 6 nitrogen and oxygen atoms in total. The average molecular weight is 373 g/mol. The van der Waals surface area contributed by atoms with Crippen molar-refractivity contribution < 1.29 is 13.2 Å². The topological polar surface area (TPSA) is 79.4 Å². The molecule has 0 radical (unpaired) electrons. The quantitative estimate of drug-likeness (QED) is 0.869. The van der Waals surface area contributed by atoms with Crippen LogP contribution in [0.4, 0.5) is 11.5 Å². The second kappa shape index (κ2) is 7.45. The Morgan fingerprint density at radius 1 is 1.31 bits per heavy atom. The number of pyridine rings is 1. The van der Waals surface area contributed by atoms with Crippen LogP contribution in [0.25, 0.3) is 0 Å². The zero-order valence-corrected chi connectivity index (χ0v) is 15.8. The number of sulfone groups is 1. The molecule has 1 fully saturated rings. The Bertz CT molecular complexity index is 895. The zero-order chi connectivity index (χ0) is 18.7. The molecule has 7 heteroatoms. The molecule has 0 aliphatic carbocycles. The molecule has 2 heterocycles. The minimum Gasteiger partial charge on any atom is -0.369 e. The minimum atomic E-state index is -2.92. The molecule has 1 N–H and O–H groups in total. The van der Waals surface area contributed by atoms with Crippen molar-refractivity contribution in [1.82, 2.24) is 4.98 Å². The van der Waals surface area contributed by atoms with E-state index in [-0.39, 0.29) is 23.5 Å². The summed E-state index contributed by atoms with van der Waals surface area (Å²) in [5.41, 5.74) is 2.92. The average Bonchev–Trinajstić information content (AvgIpc) is 2.95. The predicted octanol–water partition coefficient (Wildman–Crippen LogP) is 2.19. The number of aryl methyl sites for hydroxylation is 1. The van der Waals surface area contributed by atoms with Crippen molar-refractivity contribution in [2.24, 2.45) is 0 Å². The van der Waals surface area contributed by atoms with E-state index < -0.39 is 9.84 Å². The largest absolute Gasteiger partial charge is 0.369 e. The third kappa shape index (κ3) is 4.60. The van der Waals surface area contributed by atoms with Gasteiger partial charge in [-0.25, -0.2) is 13.4 Å². The minimum absolute atomic E-state index is 0.0245. The fraction of sp³-hybridized carbons (Fsp3) is 0.368. The van der Waals surface area contributed by atoms with Gasteiger partial charge in [0.2, 0.25) is 5.91 Å². The molecule has 1 saturated heterocycles. The summed E-state index contributed by atoms with van der Waals surface area (Å²) in [6.45, 7) is 1.99. The molecule has 1 unspecified atom stereocenters. The van der Waals surface area contributed by atoms with Gasteiger partial charge in [0.1, 0.15) is 5.82 Å². The number of anilines is 2. The van der Waals surface area contributed by atoms with E-state index in [2.05, 4.69) is 10.3 Å². The summed E-state index contributed by atoms with van der Waals surface area (Å²) in [4.78, 5) is 18.4. The fourth-order valence-electron chi connectivity index (χ4n) is 3.15. The number of aromatic nitrogens is 1. The molecule has 1 aliphatic rings. The van der Waals surface area contributed by atoms with Gasteiger partial charge in [-0.15, -0.1) is 0 Å². The summed E-state index contributed by atoms with van der Waals surface area (Å²) in [5.74, 6) is 0.783. The lowest BCUT2D eigenvalue weighted by atomic mass is 10.1. The molecule has 1 amide bonds. The van der Waals surface area contributed by atoms with Gasteiger partial charge in [0.25, 0.3) is 0 Å². The van der Waals surface area contributed by atoms with Crippen molar-refractivity contribution >= 4 is 27.2 Å². The van der Waals surface area contributed by atoms with Gasteiger partial charge in [-0.2, -0.15) is 0 Å².